The number of hydrogen-bond donors (Lipinski definition) is 1. The summed E-state index contributed by atoms with van der Waals surface area (Å²) in [7, 11) is 4.35. The molecule has 15 heavy (non-hydrogen) atoms. The molecule has 1 atom stereocenters. The van der Waals surface area contributed by atoms with Crippen molar-refractivity contribution in [2.45, 2.75) is 38.1 Å². The van der Waals surface area contributed by atoms with Crippen LogP contribution >= 0.6 is 0 Å². The molecule has 1 fully saturated rings. The van der Waals surface area contributed by atoms with Crippen molar-refractivity contribution in [2.24, 2.45) is 5.73 Å². The average molecular weight is 213 g/mol. The quantitative estimate of drug-likeness (QED) is 0.672. The number of unbranched alkanes of at least 4 members (excludes halogenated alkanes) is 1. The minimum Gasteiger partial charge on any atom is -0.330 e. The first-order valence-electron chi connectivity index (χ1n) is 6.33. The summed E-state index contributed by atoms with van der Waals surface area (Å²) in [5, 5.41) is 0. The summed E-state index contributed by atoms with van der Waals surface area (Å²) in [5.74, 6) is 0. The van der Waals surface area contributed by atoms with Crippen molar-refractivity contribution >= 4 is 0 Å². The molecule has 90 valence electrons. The summed E-state index contributed by atoms with van der Waals surface area (Å²) in [5.41, 5.74) is 5.53. The summed E-state index contributed by atoms with van der Waals surface area (Å²) in [6.07, 6.45) is 6.60. The first-order chi connectivity index (χ1) is 7.24. The Balaban J connectivity index is 2.29. The highest BCUT2D eigenvalue weighted by molar-refractivity contribution is 4.78. The number of likely N-dealkylation sites (tertiary alicyclic amines) is 1. The zero-order chi connectivity index (χ0) is 11.1. The van der Waals surface area contributed by atoms with Crippen LogP contribution in [0, 0.1) is 0 Å². The van der Waals surface area contributed by atoms with Gasteiger partial charge in [0, 0.05) is 12.6 Å². The largest absolute Gasteiger partial charge is 0.330 e. The molecule has 3 heteroatoms. The van der Waals surface area contributed by atoms with Gasteiger partial charge in [-0.15, -0.1) is 0 Å². The number of nitrogens with two attached hydrogens (primary N) is 1. The Hall–Kier alpha value is -0.120. The molecule has 0 aromatic heterocycles. The lowest BCUT2D eigenvalue weighted by Crippen LogP contribution is -2.45. The fourth-order valence-electron chi connectivity index (χ4n) is 2.44. The Bertz CT molecular complexity index is 159. The van der Waals surface area contributed by atoms with Crippen LogP contribution in [0.25, 0.3) is 0 Å². The van der Waals surface area contributed by atoms with Crippen LogP contribution in [0.15, 0.2) is 0 Å². The van der Waals surface area contributed by atoms with Gasteiger partial charge < -0.3 is 10.6 Å². The fraction of sp³-hybridized carbons (Fsp3) is 1.00. The maximum absolute atomic E-state index is 5.53. The first-order valence-corrected chi connectivity index (χ1v) is 6.33. The normalized spacial score (nSPS) is 23.6. The zero-order valence-electron chi connectivity index (χ0n) is 10.4. The van der Waals surface area contributed by atoms with Crippen LogP contribution in [0.4, 0.5) is 0 Å². The lowest BCUT2D eigenvalue weighted by molar-refractivity contribution is 0.120. The van der Waals surface area contributed by atoms with Crippen LogP contribution in [0.5, 0.6) is 0 Å². The van der Waals surface area contributed by atoms with Crippen LogP contribution in [0.3, 0.4) is 0 Å². The van der Waals surface area contributed by atoms with E-state index in [1.807, 2.05) is 0 Å². The molecule has 1 aliphatic rings. The molecule has 1 rings (SSSR count). The summed E-state index contributed by atoms with van der Waals surface area (Å²) < 4.78 is 0. The molecule has 0 aliphatic carbocycles. The van der Waals surface area contributed by atoms with Gasteiger partial charge >= 0.3 is 0 Å². The summed E-state index contributed by atoms with van der Waals surface area (Å²) in [4.78, 5) is 4.98. The number of likely N-dealkylation sites (N-methyl/N-ethyl adjacent to an activating group) is 1. The van der Waals surface area contributed by atoms with Crippen molar-refractivity contribution in [1.29, 1.82) is 0 Å². The average Bonchev–Trinajstić information content (AvgIpc) is 2.20. The second-order valence-corrected chi connectivity index (χ2v) is 4.94. The molecular formula is C12H27N3. The molecule has 1 unspecified atom stereocenters. The Labute approximate surface area is 94.6 Å². The minimum absolute atomic E-state index is 0.784. The molecule has 0 radical (unpaired) electrons. The Kier molecular flexibility index (Phi) is 6.22. The van der Waals surface area contributed by atoms with E-state index in [0.29, 0.717) is 0 Å². The van der Waals surface area contributed by atoms with Crippen LogP contribution in [0.2, 0.25) is 0 Å². The maximum Gasteiger partial charge on any atom is 0.0222 e. The highest BCUT2D eigenvalue weighted by atomic mass is 15.2. The van der Waals surface area contributed by atoms with E-state index in [1.165, 1.54) is 51.7 Å². The lowest BCUT2D eigenvalue weighted by Gasteiger charge is -2.37. The van der Waals surface area contributed by atoms with Gasteiger partial charge in [-0.1, -0.05) is 6.42 Å². The van der Waals surface area contributed by atoms with E-state index >= 15 is 0 Å². The highest BCUT2D eigenvalue weighted by Crippen LogP contribution is 2.17. The van der Waals surface area contributed by atoms with Crippen molar-refractivity contribution in [3.05, 3.63) is 0 Å². The van der Waals surface area contributed by atoms with Crippen LogP contribution in [0.1, 0.15) is 32.1 Å². The van der Waals surface area contributed by atoms with E-state index in [1.54, 1.807) is 0 Å². The van der Waals surface area contributed by atoms with Crippen molar-refractivity contribution in [3.63, 3.8) is 0 Å². The van der Waals surface area contributed by atoms with Crippen molar-refractivity contribution < 1.29 is 0 Å². The zero-order valence-corrected chi connectivity index (χ0v) is 10.4. The summed E-state index contributed by atoms with van der Waals surface area (Å²) >= 11 is 0. The fourth-order valence-corrected chi connectivity index (χ4v) is 2.44. The number of rotatable bonds is 6. The summed E-state index contributed by atoms with van der Waals surface area (Å²) in [6.45, 7) is 4.59. The number of nitrogens with zero attached hydrogens (tertiary/aromatic N) is 2. The summed E-state index contributed by atoms with van der Waals surface area (Å²) in [6, 6.07) is 0.784. The topological polar surface area (TPSA) is 32.5 Å². The molecule has 0 bridgehead atoms. The van der Waals surface area contributed by atoms with Gasteiger partial charge in [0.2, 0.25) is 0 Å². The molecule has 1 aliphatic heterocycles. The van der Waals surface area contributed by atoms with Gasteiger partial charge in [-0.25, -0.2) is 0 Å². The lowest BCUT2D eigenvalue weighted by atomic mass is 10.0. The molecular weight excluding hydrogens is 186 g/mol. The SMILES string of the molecule is CN(C)CC1CCCCN1CCCCN. The third-order valence-corrected chi connectivity index (χ3v) is 3.22. The van der Waals surface area contributed by atoms with Crippen LogP contribution in [-0.4, -0.2) is 56.1 Å². The predicted octanol–water partition coefficient (Wildman–Crippen LogP) is 1.14. The third-order valence-electron chi connectivity index (χ3n) is 3.22. The third kappa shape index (κ3) is 4.96. The second-order valence-electron chi connectivity index (χ2n) is 4.94. The van der Waals surface area contributed by atoms with Crippen LogP contribution in [-0.2, 0) is 0 Å². The molecule has 0 spiro atoms. The van der Waals surface area contributed by atoms with E-state index in [-0.39, 0.29) is 0 Å². The standard InChI is InChI=1S/C12H27N3/c1-14(2)11-12-7-3-5-9-15(12)10-6-4-8-13/h12H,3-11,13H2,1-2H3. The van der Waals surface area contributed by atoms with Gasteiger partial charge in [-0.3, -0.25) is 4.90 Å². The number of piperidine rings is 1. The van der Waals surface area contributed by atoms with E-state index in [2.05, 4.69) is 23.9 Å². The van der Waals surface area contributed by atoms with Crippen LogP contribution < -0.4 is 5.73 Å². The van der Waals surface area contributed by atoms with Gasteiger partial charge in [-0.2, -0.15) is 0 Å². The van der Waals surface area contributed by atoms with Gasteiger partial charge in [0.15, 0.2) is 0 Å². The molecule has 3 nitrogen and oxygen atoms in total. The molecule has 0 saturated carbocycles. The number of hydrogen-bond acceptors (Lipinski definition) is 3. The van der Waals surface area contributed by atoms with Crippen molar-refractivity contribution in [2.75, 3.05) is 40.3 Å². The van der Waals surface area contributed by atoms with Gasteiger partial charge in [0.05, 0.1) is 0 Å². The van der Waals surface area contributed by atoms with E-state index in [9.17, 15) is 0 Å². The van der Waals surface area contributed by atoms with Crippen molar-refractivity contribution in [3.8, 4) is 0 Å². The van der Waals surface area contributed by atoms with Gasteiger partial charge in [0.25, 0.3) is 0 Å². The van der Waals surface area contributed by atoms with Crippen molar-refractivity contribution in [1.82, 2.24) is 9.80 Å². The monoisotopic (exact) mass is 213 g/mol. The Morgan fingerprint density at radius 2 is 2.07 bits per heavy atom. The molecule has 1 heterocycles. The molecule has 0 amide bonds. The smallest absolute Gasteiger partial charge is 0.0222 e. The maximum atomic E-state index is 5.53. The first kappa shape index (κ1) is 12.9. The Morgan fingerprint density at radius 1 is 1.27 bits per heavy atom. The van der Waals surface area contributed by atoms with E-state index in [0.717, 1.165) is 12.6 Å². The highest BCUT2D eigenvalue weighted by Gasteiger charge is 2.21. The minimum atomic E-state index is 0.784. The van der Waals surface area contributed by atoms with E-state index in [4.69, 9.17) is 5.73 Å². The molecule has 2 N–H and O–H groups in total. The molecule has 1 saturated heterocycles. The van der Waals surface area contributed by atoms with E-state index < -0.39 is 0 Å². The predicted molar refractivity (Wildman–Crippen MR) is 66.1 cm³/mol. The Morgan fingerprint density at radius 3 is 2.73 bits per heavy atom. The second kappa shape index (κ2) is 7.20. The van der Waals surface area contributed by atoms with Gasteiger partial charge in [-0.05, 0) is 59.4 Å². The molecule has 0 aromatic carbocycles. The van der Waals surface area contributed by atoms with Gasteiger partial charge in [0.1, 0.15) is 0 Å². The molecule has 0 aromatic rings.